The third-order valence-corrected chi connectivity index (χ3v) is 2.84. The number of ether oxygens (including phenoxy) is 1. The first kappa shape index (κ1) is 15.9. The topological polar surface area (TPSA) is 41.5 Å². The standard InChI is InChI=1S/C13H29NO2/c1-4-6-7-10-16-11-8-13(3,12-15)14-9-5-2/h14-15H,4-12H2,1-3H3. The maximum atomic E-state index is 9.33. The average molecular weight is 231 g/mol. The maximum Gasteiger partial charge on any atom is 0.0611 e. The van der Waals surface area contributed by atoms with Gasteiger partial charge in [0, 0.05) is 18.8 Å². The third-order valence-electron chi connectivity index (χ3n) is 2.84. The van der Waals surface area contributed by atoms with Crippen LogP contribution in [0.2, 0.25) is 0 Å². The fourth-order valence-electron chi connectivity index (χ4n) is 1.50. The Hall–Kier alpha value is -0.120. The van der Waals surface area contributed by atoms with Crippen molar-refractivity contribution in [1.29, 1.82) is 0 Å². The SMILES string of the molecule is CCCCCOCCC(C)(CO)NCCC. The van der Waals surface area contributed by atoms with Gasteiger partial charge in [-0.1, -0.05) is 26.7 Å². The quantitative estimate of drug-likeness (QED) is 0.536. The summed E-state index contributed by atoms with van der Waals surface area (Å²) in [5.41, 5.74) is -0.180. The summed E-state index contributed by atoms with van der Waals surface area (Å²) in [7, 11) is 0. The summed E-state index contributed by atoms with van der Waals surface area (Å²) in [4.78, 5) is 0. The van der Waals surface area contributed by atoms with Crippen LogP contribution in [0, 0.1) is 0 Å². The highest BCUT2D eigenvalue weighted by Gasteiger charge is 2.21. The van der Waals surface area contributed by atoms with E-state index >= 15 is 0 Å². The molecule has 3 nitrogen and oxygen atoms in total. The van der Waals surface area contributed by atoms with Crippen LogP contribution in [0.5, 0.6) is 0 Å². The lowest BCUT2D eigenvalue weighted by atomic mass is 9.99. The van der Waals surface area contributed by atoms with E-state index in [0.29, 0.717) is 0 Å². The number of aliphatic hydroxyl groups is 1. The Labute approximate surface area is 101 Å². The Balaban J connectivity index is 3.53. The Morgan fingerprint density at radius 2 is 1.88 bits per heavy atom. The number of rotatable bonds is 11. The summed E-state index contributed by atoms with van der Waals surface area (Å²) in [6, 6.07) is 0. The van der Waals surface area contributed by atoms with Crippen molar-refractivity contribution in [3.8, 4) is 0 Å². The Kier molecular flexibility index (Phi) is 9.99. The normalized spacial score (nSPS) is 15.0. The smallest absolute Gasteiger partial charge is 0.0611 e. The van der Waals surface area contributed by atoms with E-state index in [-0.39, 0.29) is 12.1 Å². The molecular formula is C13H29NO2. The molecule has 1 unspecified atom stereocenters. The third kappa shape index (κ3) is 8.08. The summed E-state index contributed by atoms with van der Waals surface area (Å²) in [5.74, 6) is 0. The number of hydrogen-bond acceptors (Lipinski definition) is 3. The molecule has 98 valence electrons. The van der Waals surface area contributed by atoms with Crippen molar-refractivity contribution in [3.63, 3.8) is 0 Å². The molecule has 0 spiro atoms. The van der Waals surface area contributed by atoms with Crippen molar-refractivity contribution in [2.75, 3.05) is 26.4 Å². The molecule has 0 aliphatic rings. The lowest BCUT2D eigenvalue weighted by molar-refractivity contribution is 0.0850. The molecule has 3 heteroatoms. The van der Waals surface area contributed by atoms with Crippen molar-refractivity contribution in [2.24, 2.45) is 0 Å². The zero-order valence-corrected chi connectivity index (χ0v) is 11.2. The number of unbranched alkanes of at least 4 members (excludes halogenated alkanes) is 2. The Morgan fingerprint density at radius 3 is 2.44 bits per heavy atom. The van der Waals surface area contributed by atoms with Crippen molar-refractivity contribution in [2.45, 2.75) is 58.4 Å². The van der Waals surface area contributed by atoms with E-state index in [1.807, 2.05) is 0 Å². The molecule has 0 fully saturated rings. The van der Waals surface area contributed by atoms with Crippen LogP contribution < -0.4 is 5.32 Å². The van der Waals surface area contributed by atoms with Gasteiger partial charge in [0.1, 0.15) is 0 Å². The maximum absolute atomic E-state index is 9.33. The first-order valence-corrected chi connectivity index (χ1v) is 6.62. The van der Waals surface area contributed by atoms with Crippen molar-refractivity contribution < 1.29 is 9.84 Å². The van der Waals surface area contributed by atoms with Gasteiger partial charge in [0.25, 0.3) is 0 Å². The minimum atomic E-state index is -0.180. The van der Waals surface area contributed by atoms with E-state index in [1.165, 1.54) is 12.8 Å². The number of hydrogen-bond donors (Lipinski definition) is 2. The summed E-state index contributed by atoms with van der Waals surface area (Å²) in [6.07, 6.45) is 5.58. The lowest BCUT2D eigenvalue weighted by Crippen LogP contribution is -2.46. The van der Waals surface area contributed by atoms with E-state index in [0.717, 1.165) is 39.0 Å². The van der Waals surface area contributed by atoms with E-state index in [1.54, 1.807) is 0 Å². The monoisotopic (exact) mass is 231 g/mol. The second-order valence-corrected chi connectivity index (χ2v) is 4.72. The van der Waals surface area contributed by atoms with Gasteiger partial charge < -0.3 is 15.2 Å². The molecule has 0 bridgehead atoms. The van der Waals surface area contributed by atoms with Crippen LogP contribution in [-0.4, -0.2) is 37.0 Å². The molecule has 0 aromatic rings. The summed E-state index contributed by atoms with van der Waals surface area (Å²) in [5, 5.41) is 12.7. The summed E-state index contributed by atoms with van der Waals surface area (Å²) in [6.45, 7) is 9.08. The van der Waals surface area contributed by atoms with Crippen molar-refractivity contribution >= 4 is 0 Å². The molecule has 0 aliphatic carbocycles. The molecule has 0 aromatic heterocycles. The molecule has 0 aromatic carbocycles. The second-order valence-electron chi connectivity index (χ2n) is 4.72. The van der Waals surface area contributed by atoms with E-state index in [2.05, 4.69) is 26.1 Å². The molecule has 0 rings (SSSR count). The zero-order chi connectivity index (χ0) is 12.3. The van der Waals surface area contributed by atoms with Crippen molar-refractivity contribution in [1.82, 2.24) is 5.32 Å². The largest absolute Gasteiger partial charge is 0.394 e. The lowest BCUT2D eigenvalue weighted by Gasteiger charge is -2.28. The van der Waals surface area contributed by atoms with Gasteiger partial charge >= 0.3 is 0 Å². The van der Waals surface area contributed by atoms with Crippen LogP contribution >= 0.6 is 0 Å². The van der Waals surface area contributed by atoms with Gasteiger partial charge in [0.2, 0.25) is 0 Å². The van der Waals surface area contributed by atoms with Gasteiger partial charge in [-0.15, -0.1) is 0 Å². The van der Waals surface area contributed by atoms with Gasteiger partial charge in [-0.3, -0.25) is 0 Å². The van der Waals surface area contributed by atoms with Gasteiger partial charge in [-0.25, -0.2) is 0 Å². The highest BCUT2D eigenvalue weighted by Crippen LogP contribution is 2.09. The van der Waals surface area contributed by atoms with E-state index in [4.69, 9.17) is 4.74 Å². The summed E-state index contributed by atoms with van der Waals surface area (Å²) >= 11 is 0. The molecule has 0 amide bonds. The highest BCUT2D eigenvalue weighted by molar-refractivity contribution is 4.81. The average Bonchev–Trinajstić information content (AvgIpc) is 2.31. The number of nitrogens with one attached hydrogen (secondary N) is 1. The minimum absolute atomic E-state index is 0.172. The van der Waals surface area contributed by atoms with E-state index in [9.17, 15) is 5.11 Å². The van der Waals surface area contributed by atoms with Gasteiger partial charge in [0.15, 0.2) is 0 Å². The molecule has 0 saturated heterocycles. The zero-order valence-electron chi connectivity index (χ0n) is 11.2. The number of aliphatic hydroxyl groups excluding tert-OH is 1. The molecule has 1 atom stereocenters. The van der Waals surface area contributed by atoms with Crippen LogP contribution in [0.15, 0.2) is 0 Å². The van der Waals surface area contributed by atoms with Crippen molar-refractivity contribution in [3.05, 3.63) is 0 Å². The van der Waals surface area contributed by atoms with Crippen LogP contribution in [0.25, 0.3) is 0 Å². The van der Waals surface area contributed by atoms with Crippen LogP contribution in [0.3, 0.4) is 0 Å². The van der Waals surface area contributed by atoms with Gasteiger partial charge in [0.05, 0.1) is 6.61 Å². The Morgan fingerprint density at radius 1 is 1.12 bits per heavy atom. The molecule has 0 radical (unpaired) electrons. The predicted octanol–water partition coefficient (Wildman–Crippen LogP) is 2.33. The van der Waals surface area contributed by atoms with Crippen LogP contribution in [-0.2, 0) is 4.74 Å². The molecule has 0 saturated carbocycles. The molecule has 0 aliphatic heterocycles. The second kappa shape index (κ2) is 10.1. The van der Waals surface area contributed by atoms with Crippen LogP contribution in [0.4, 0.5) is 0 Å². The predicted molar refractivity (Wildman–Crippen MR) is 68.7 cm³/mol. The fourth-order valence-corrected chi connectivity index (χ4v) is 1.50. The molecular weight excluding hydrogens is 202 g/mol. The van der Waals surface area contributed by atoms with Gasteiger partial charge in [-0.2, -0.15) is 0 Å². The summed E-state index contributed by atoms with van der Waals surface area (Å²) < 4.78 is 5.56. The van der Waals surface area contributed by atoms with Gasteiger partial charge in [-0.05, 0) is 32.7 Å². The molecule has 0 heterocycles. The molecule has 2 N–H and O–H groups in total. The highest BCUT2D eigenvalue weighted by atomic mass is 16.5. The fraction of sp³-hybridized carbons (Fsp3) is 1.00. The first-order chi connectivity index (χ1) is 7.68. The Bertz CT molecular complexity index is 153. The molecule has 16 heavy (non-hydrogen) atoms. The first-order valence-electron chi connectivity index (χ1n) is 6.62. The minimum Gasteiger partial charge on any atom is -0.394 e. The van der Waals surface area contributed by atoms with E-state index < -0.39 is 0 Å². The van der Waals surface area contributed by atoms with Crippen LogP contribution in [0.1, 0.15) is 52.9 Å².